The zero-order valence-electron chi connectivity index (χ0n) is 14.5. The first-order valence-electron chi connectivity index (χ1n) is 7.90. The normalized spacial score (nSPS) is 10.1. The van der Waals surface area contributed by atoms with Crippen LogP contribution in [0.4, 0.5) is 11.4 Å². The van der Waals surface area contributed by atoms with Gasteiger partial charge < -0.3 is 20.1 Å². The lowest BCUT2D eigenvalue weighted by atomic mass is 10.2. The average molecular weight is 376 g/mol. The summed E-state index contributed by atoms with van der Waals surface area (Å²) >= 11 is 1.56. The minimum absolute atomic E-state index is 0.214. The number of nitrogens with one attached hydrogen (secondary N) is 2. The van der Waals surface area contributed by atoms with Gasteiger partial charge in [-0.1, -0.05) is 0 Å². The van der Waals surface area contributed by atoms with Crippen LogP contribution in [0.15, 0.2) is 35.0 Å². The molecule has 138 valence electrons. The second kappa shape index (κ2) is 9.57. The van der Waals surface area contributed by atoms with E-state index >= 15 is 0 Å². The van der Waals surface area contributed by atoms with Crippen LogP contribution in [0.1, 0.15) is 18.9 Å². The number of benzene rings is 1. The molecule has 0 spiro atoms. The molecule has 7 nitrogen and oxygen atoms in total. The van der Waals surface area contributed by atoms with Gasteiger partial charge in [0.25, 0.3) is 5.91 Å². The molecule has 1 aromatic heterocycles. The van der Waals surface area contributed by atoms with Crippen molar-refractivity contribution in [1.82, 2.24) is 0 Å². The molecule has 1 aromatic carbocycles. The summed E-state index contributed by atoms with van der Waals surface area (Å²) in [6.07, 6.45) is 0.794. The van der Waals surface area contributed by atoms with Crippen molar-refractivity contribution in [3.8, 4) is 5.75 Å². The summed E-state index contributed by atoms with van der Waals surface area (Å²) in [5.74, 6) is -0.735. The monoisotopic (exact) mass is 376 g/mol. The van der Waals surface area contributed by atoms with Crippen molar-refractivity contribution < 1.29 is 23.9 Å². The third kappa shape index (κ3) is 6.21. The van der Waals surface area contributed by atoms with E-state index in [1.54, 1.807) is 29.5 Å². The topological polar surface area (TPSA) is 93.7 Å². The number of carbonyl (C=O) groups is 3. The summed E-state index contributed by atoms with van der Waals surface area (Å²) in [4.78, 5) is 34.9. The minimum Gasteiger partial charge on any atom is -0.495 e. The van der Waals surface area contributed by atoms with Crippen LogP contribution >= 0.6 is 11.3 Å². The maximum absolute atomic E-state index is 12.0. The van der Waals surface area contributed by atoms with Crippen LogP contribution in [-0.4, -0.2) is 31.5 Å². The van der Waals surface area contributed by atoms with Gasteiger partial charge in [-0.05, 0) is 47.0 Å². The van der Waals surface area contributed by atoms with E-state index in [-0.39, 0.29) is 12.3 Å². The molecule has 26 heavy (non-hydrogen) atoms. The Morgan fingerprint density at radius 1 is 1.15 bits per heavy atom. The SMILES string of the molecule is COc1ccc(NC(C)=O)cc1NC(=O)COC(=O)CCc1ccsc1. The fourth-order valence-electron chi connectivity index (χ4n) is 2.17. The van der Waals surface area contributed by atoms with Gasteiger partial charge in [0, 0.05) is 19.0 Å². The number of thiophene rings is 1. The van der Waals surface area contributed by atoms with Crippen molar-refractivity contribution >= 4 is 40.5 Å². The third-order valence-corrected chi connectivity index (χ3v) is 4.09. The number of esters is 1. The average Bonchev–Trinajstić information content (AvgIpc) is 3.11. The Labute approximate surface area is 155 Å². The zero-order valence-corrected chi connectivity index (χ0v) is 15.4. The van der Waals surface area contributed by atoms with Crippen molar-refractivity contribution in [1.29, 1.82) is 0 Å². The molecule has 0 saturated heterocycles. The number of anilines is 2. The van der Waals surface area contributed by atoms with Gasteiger partial charge in [0.15, 0.2) is 6.61 Å². The molecule has 0 saturated carbocycles. The summed E-state index contributed by atoms with van der Waals surface area (Å²) in [6.45, 7) is 0.994. The number of hydrogen-bond donors (Lipinski definition) is 2. The fraction of sp³-hybridized carbons (Fsp3) is 0.278. The lowest BCUT2D eigenvalue weighted by Gasteiger charge is -2.12. The van der Waals surface area contributed by atoms with Gasteiger partial charge in [-0.15, -0.1) is 0 Å². The molecule has 0 aliphatic heterocycles. The molecule has 2 aromatic rings. The number of hydrogen-bond acceptors (Lipinski definition) is 6. The van der Waals surface area contributed by atoms with E-state index in [2.05, 4.69) is 10.6 Å². The number of methoxy groups -OCH3 is 1. The molecular formula is C18H20N2O5S. The lowest BCUT2D eigenvalue weighted by molar-refractivity contribution is -0.147. The van der Waals surface area contributed by atoms with Gasteiger partial charge in [0.05, 0.1) is 12.8 Å². The first kappa shape index (κ1) is 19.5. The Bertz CT molecular complexity index is 774. The minimum atomic E-state index is -0.493. The Balaban J connectivity index is 1.86. The molecule has 0 fully saturated rings. The smallest absolute Gasteiger partial charge is 0.306 e. The maximum Gasteiger partial charge on any atom is 0.306 e. The van der Waals surface area contributed by atoms with E-state index in [0.717, 1.165) is 5.56 Å². The molecule has 0 unspecified atom stereocenters. The summed E-state index contributed by atoms with van der Waals surface area (Å²) in [5, 5.41) is 9.14. The number of amides is 2. The second-order valence-corrected chi connectivity index (χ2v) is 6.22. The Hall–Kier alpha value is -2.87. The van der Waals surface area contributed by atoms with E-state index in [1.807, 2.05) is 16.8 Å². The largest absolute Gasteiger partial charge is 0.495 e. The maximum atomic E-state index is 12.0. The summed E-state index contributed by atoms with van der Waals surface area (Å²) in [5.41, 5.74) is 1.95. The molecular weight excluding hydrogens is 356 g/mol. The Morgan fingerprint density at radius 3 is 2.62 bits per heavy atom. The van der Waals surface area contributed by atoms with Crippen LogP contribution in [0, 0.1) is 0 Å². The van der Waals surface area contributed by atoms with Gasteiger partial charge in [-0.25, -0.2) is 0 Å². The van der Waals surface area contributed by atoms with Gasteiger partial charge in [0.1, 0.15) is 5.75 Å². The van der Waals surface area contributed by atoms with Crippen LogP contribution in [0.2, 0.25) is 0 Å². The summed E-state index contributed by atoms with van der Waals surface area (Å²) in [7, 11) is 1.47. The highest BCUT2D eigenvalue weighted by molar-refractivity contribution is 7.07. The first-order valence-corrected chi connectivity index (χ1v) is 8.84. The number of carbonyl (C=O) groups excluding carboxylic acids is 3. The second-order valence-electron chi connectivity index (χ2n) is 5.44. The van der Waals surface area contributed by atoms with E-state index in [0.29, 0.717) is 23.5 Å². The molecule has 0 bridgehead atoms. The quantitative estimate of drug-likeness (QED) is 0.691. The molecule has 1 heterocycles. The molecule has 0 atom stereocenters. The van der Waals surface area contributed by atoms with Gasteiger partial charge in [-0.3, -0.25) is 14.4 Å². The number of rotatable bonds is 8. The van der Waals surface area contributed by atoms with Crippen LogP contribution < -0.4 is 15.4 Å². The van der Waals surface area contributed by atoms with Gasteiger partial charge in [-0.2, -0.15) is 11.3 Å². The Kier molecular flexibility index (Phi) is 7.16. The molecule has 2 rings (SSSR count). The molecule has 2 N–H and O–H groups in total. The van der Waals surface area contributed by atoms with Crippen molar-refractivity contribution in [2.45, 2.75) is 19.8 Å². The first-order chi connectivity index (χ1) is 12.5. The fourth-order valence-corrected chi connectivity index (χ4v) is 2.88. The summed E-state index contributed by atoms with van der Waals surface area (Å²) < 4.78 is 10.2. The predicted octanol–water partition coefficient (Wildman–Crippen LogP) is 2.83. The van der Waals surface area contributed by atoms with E-state index in [9.17, 15) is 14.4 Å². The van der Waals surface area contributed by atoms with Gasteiger partial charge >= 0.3 is 5.97 Å². The van der Waals surface area contributed by atoms with E-state index < -0.39 is 18.5 Å². The third-order valence-electron chi connectivity index (χ3n) is 3.36. The summed E-state index contributed by atoms with van der Waals surface area (Å²) in [6, 6.07) is 6.78. The van der Waals surface area contributed by atoms with Crippen LogP contribution in [0.5, 0.6) is 5.75 Å². The highest BCUT2D eigenvalue weighted by atomic mass is 32.1. The number of aryl methyl sites for hydroxylation is 1. The highest BCUT2D eigenvalue weighted by Crippen LogP contribution is 2.27. The lowest BCUT2D eigenvalue weighted by Crippen LogP contribution is -2.21. The van der Waals surface area contributed by atoms with E-state index in [4.69, 9.17) is 9.47 Å². The van der Waals surface area contributed by atoms with Crippen LogP contribution in [-0.2, 0) is 25.5 Å². The standard InChI is InChI=1S/C18H20N2O5S/c1-12(21)19-14-4-5-16(24-2)15(9-14)20-17(22)10-25-18(23)6-3-13-7-8-26-11-13/h4-5,7-9,11H,3,6,10H2,1-2H3,(H,19,21)(H,20,22). The van der Waals surface area contributed by atoms with Crippen molar-refractivity contribution in [2.24, 2.45) is 0 Å². The zero-order chi connectivity index (χ0) is 18.9. The molecule has 0 aliphatic rings. The predicted molar refractivity (Wildman–Crippen MR) is 99.5 cm³/mol. The van der Waals surface area contributed by atoms with E-state index in [1.165, 1.54) is 14.0 Å². The highest BCUT2D eigenvalue weighted by Gasteiger charge is 2.12. The molecule has 0 aliphatic carbocycles. The molecule has 2 amide bonds. The molecule has 8 heteroatoms. The van der Waals surface area contributed by atoms with Crippen molar-refractivity contribution in [3.63, 3.8) is 0 Å². The van der Waals surface area contributed by atoms with Gasteiger partial charge in [0.2, 0.25) is 5.91 Å². The van der Waals surface area contributed by atoms with Crippen LogP contribution in [0.25, 0.3) is 0 Å². The Morgan fingerprint density at radius 2 is 1.96 bits per heavy atom. The molecule has 0 radical (unpaired) electrons. The van der Waals surface area contributed by atoms with Crippen molar-refractivity contribution in [3.05, 3.63) is 40.6 Å². The van der Waals surface area contributed by atoms with Crippen molar-refractivity contribution in [2.75, 3.05) is 24.4 Å². The number of ether oxygens (including phenoxy) is 2. The van der Waals surface area contributed by atoms with Crippen LogP contribution in [0.3, 0.4) is 0 Å².